The summed E-state index contributed by atoms with van der Waals surface area (Å²) in [6, 6.07) is 10.1. The van der Waals surface area contributed by atoms with Gasteiger partial charge in [0.15, 0.2) is 0 Å². The molecule has 6 nitrogen and oxygen atoms in total. The second kappa shape index (κ2) is 10.3. The second-order valence-electron chi connectivity index (χ2n) is 9.05. The molecule has 0 bridgehead atoms. The molecule has 1 aliphatic heterocycles. The molecule has 1 saturated heterocycles. The van der Waals surface area contributed by atoms with Gasteiger partial charge < -0.3 is 9.64 Å². The predicted octanol–water partition coefficient (Wildman–Crippen LogP) is 5.43. The zero-order chi connectivity index (χ0) is 23.4. The van der Waals surface area contributed by atoms with Crippen LogP contribution < -0.4 is 10.5 Å². The lowest BCUT2D eigenvalue weighted by Gasteiger charge is -2.36. The molecular weight excluding hydrogens is 412 g/mol. The summed E-state index contributed by atoms with van der Waals surface area (Å²) in [7, 11) is 0. The minimum atomic E-state index is -0.0386. The van der Waals surface area contributed by atoms with Crippen molar-refractivity contribution in [3.63, 3.8) is 0 Å². The lowest BCUT2D eigenvalue weighted by atomic mass is 9.96. The Labute approximate surface area is 196 Å². The first-order valence-corrected chi connectivity index (χ1v) is 12.3. The van der Waals surface area contributed by atoms with Gasteiger partial charge in [-0.1, -0.05) is 56.2 Å². The van der Waals surface area contributed by atoms with E-state index in [4.69, 9.17) is 9.72 Å². The van der Waals surface area contributed by atoms with Crippen LogP contribution in [0.3, 0.4) is 0 Å². The van der Waals surface area contributed by atoms with Gasteiger partial charge in [-0.05, 0) is 33.1 Å². The van der Waals surface area contributed by atoms with E-state index in [1.54, 1.807) is 10.5 Å². The third-order valence-corrected chi connectivity index (χ3v) is 6.56. The van der Waals surface area contributed by atoms with E-state index < -0.39 is 0 Å². The molecule has 0 N–H and O–H groups in total. The lowest BCUT2D eigenvalue weighted by molar-refractivity contribution is 0.183. The Morgan fingerprint density at radius 2 is 2.00 bits per heavy atom. The van der Waals surface area contributed by atoms with Gasteiger partial charge in [-0.2, -0.15) is 0 Å². The van der Waals surface area contributed by atoms with E-state index in [0.717, 1.165) is 80.4 Å². The first kappa shape index (κ1) is 23.1. The van der Waals surface area contributed by atoms with Crippen molar-refractivity contribution >= 4 is 11.6 Å². The van der Waals surface area contributed by atoms with Gasteiger partial charge in [-0.25, -0.2) is 4.98 Å². The number of benzene rings is 1. The number of anilines is 1. The Balaban J connectivity index is 1.76. The number of aromatic nitrogens is 3. The number of hydrogen-bond donors (Lipinski definition) is 0. The van der Waals surface area contributed by atoms with E-state index >= 15 is 0 Å². The van der Waals surface area contributed by atoms with Crippen LogP contribution in [0.15, 0.2) is 53.7 Å². The number of aryl methyl sites for hydroxylation is 2. The normalized spacial score (nSPS) is 16.3. The first-order valence-electron chi connectivity index (χ1n) is 12.3. The summed E-state index contributed by atoms with van der Waals surface area (Å²) in [6.45, 7) is 13.6. The Bertz CT molecular complexity index is 1160. The fraction of sp³-hybridized carbons (Fsp3) is 0.481. The minimum absolute atomic E-state index is 0.0386. The van der Waals surface area contributed by atoms with Crippen LogP contribution >= 0.6 is 0 Å². The highest BCUT2D eigenvalue weighted by atomic mass is 16.5. The molecule has 0 aliphatic carbocycles. The number of hydrogen-bond acceptors (Lipinski definition) is 4. The molecule has 0 amide bonds. The number of ether oxygens (including phenoxy) is 1. The number of unbranched alkanes of at least 4 members (excludes halogenated alkanes) is 2. The third kappa shape index (κ3) is 5.00. The average molecular weight is 449 g/mol. The van der Waals surface area contributed by atoms with Crippen molar-refractivity contribution in [2.24, 2.45) is 5.92 Å². The summed E-state index contributed by atoms with van der Waals surface area (Å²) < 4.78 is 9.66. The number of imidazole rings is 1. The fourth-order valence-corrected chi connectivity index (χ4v) is 4.69. The van der Waals surface area contributed by atoms with Gasteiger partial charge >= 0.3 is 0 Å². The van der Waals surface area contributed by atoms with E-state index in [1.165, 1.54) is 5.56 Å². The van der Waals surface area contributed by atoms with Crippen molar-refractivity contribution in [1.29, 1.82) is 0 Å². The quantitative estimate of drug-likeness (QED) is 0.324. The highest BCUT2D eigenvalue weighted by Gasteiger charge is 2.26. The number of nitrogens with zero attached hydrogens (tertiary/aromatic N) is 4. The molecular formula is C27H36N4O2. The molecule has 1 atom stereocenters. The standard InChI is InChI=1S/C27H36N4O2/c1-5-7-8-16-30-25(29-15-9-10-23(18-29)21(4)33-6-2)17-26(32)31-19-24(28-27(30)31)22-13-11-20(3)12-14-22/h11-14,17,19,23H,4-10,15-16,18H2,1-3H3/t23-/m0/s1. The maximum absolute atomic E-state index is 13.2. The SMILES string of the molecule is C=C(OCC)[C@H]1CCCN(c2cc(=O)n3cc(-c4ccc(C)cc4)nc3n2CCCCC)C1. The van der Waals surface area contributed by atoms with E-state index in [2.05, 4.69) is 54.2 Å². The van der Waals surface area contributed by atoms with Crippen LogP contribution in [0.4, 0.5) is 5.82 Å². The van der Waals surface area contributed by atoms with Gasteiger partial charge in [0.25, 0.3) is 5.56 Å². The fourth-order valence-electron chi connectivity index (χ4n) is 4.69. The molecule has 33 heavy (non-hydrogen) atoms. The zero-order valence-corrected chi connectivity index (χ0v) is 20.2. The molecule has 3 heterocycles. The molecule has 1 aliphatic rings. The highest BCUT2D eigenvalue weighted by molar-refractivity contribution is 5.63. The predicted molar refractivity (Wildman–Crippen MR) is 135 cm³/mol. The molecule has 0 unspecified atom stereocenters. The monoisotopic (exact) mass is 448 g/mol. The molecule has 3 aromatic rings. The molecule has 0 spiro atoms. The van der Waals surface area contributed by atoms with Crippen LogP contribution in [0.25, 0.3) is 17.0 Å². The Kier molecular flexibility index (Phi) is 7.21. The van der Waals surface area contributed by atoms with Crippen molar-refractivity contribution in [2.45, 2.75) is 59.4 Å². The van der Waals surface area contributed by atoms with Crippen LogP contribution in [0.2, 0.25) is 0 Å². The molecule has 1 aromatic carbocycles. The van der Waals surface area contributed by atoms with Crippen molar-refractivity contribution in [3.8, 4) is 11.3 Å². The highest BCUT2D eigenvalue weighted by Crippen LogP contribution is 2.29. The summed E-state index contributed by atoms with van der Waals surface area (Å²) in [5.74, 6) is 2.80. The molecule has 1 fully saturated rings. The van der Waals surface area contributed by atoms with Crippen molar-refractivity contribution in [3.05, 3.63) is 64.8 Å². The van der Waals surface area contributed by atoms with E-state index in [-0.39, 0.29) is 11.5 Å². The zero-order valence-electron chi connectivity index (χ0n) is 20.2. The number of piperidine rings is 1. The maximum atomic E-state index is 13.2. The number of fused-ring (bicyclic) bond motifs is 1. The second-order valence-corrected chi connectivity index (χ2v) is 9.05. The molecule has 0 radical (unpaired) electrons. The molecule has 6 heteroatoms. The molecule has 0 saturated carbocycles. The first-order chi connectivity index (χ1) is 16.0. The van der Waals surface area contributed by atoms with Crippen molar-refractivity contribution in [2.75, 3.05) is 24.6 Å². The average Bonchev–Trinajstić information content (AvgIpc) is 3.27. The van der Waals surface area contributed by atoms with Crippen LogP contribution in [0.1, 0.15) is 51.5 Å². The van der Waals surface area contributed by atoms with Gasteiger partial charge in [0.1, 0.15) is 5.82 Å². The van der Waals surface area contributed by atoms with Crippen LogP contribution in [-0.4, -0.2) is 33.6 Å². The van der Waals surface area contributed by atoms with Crippen LogP contribution in [0.5, 0.6) is 0 Å². The van der Waals surface area contributed by atoms with Gasteiger partial charge in [0.2, 0.25) is 5.78 Å². The number of rotatable bonds is 9. The van der Waals surface area contributed by atoms with Gasteiger partial charge in [-0.3, -0.25) is 13.8 Å². The Hall–Kier alpha value is -3.02. The minimum Gasteiger partial charge on any atom is -0.498 e. The van der Waals surface area contributed by atoms with E-state index in [9.17, 15) is 4.79 Å². The van der Waals surface area contributed by atoms with Gasteiger partial charge in [0, 0.05) is 43.4 Å². The summed E-state index contributed by atoms with van der Waals surface area (Å²) in [5, 5.41) is 0. The lowest BCUT2D eigenvalue weighted by Crippen LogP contribution is -2.39. The maximum Gasteiger partial charge on any atom is 0.261 e. The Morgan fingerprint density at radius 1 is 1.21 bits per heavy atom. The smallest absolute Gasteiger partial charge is 0.261 e. The Morgan fingerprint density at radius 3 is 2.73 bits per heavy atom. The summed E-state index contributed by atoms with van der Waals surface area (Å²) in [6.07, 6.45) is 7.34. The topological polar surface area (TPSA) is 51.8 Å². The van der Waals surface area contributed by atoms with Crippen molar-refractivity contribution in [1.82, 2.24) is 14.0 Å². The summed E-state index contributed by atoms with van der Waals surface area (Å²) in [5.41, 5.74) is 3.02. The summed E-state index contributed by atoms with van der Waals surface area (Å²) >= 11 is 0. The van der Waals surface area contributed by atoms with Crippen LogP contribution in [0, 0.1) is 12.8 Å². The van der Waals surface area contributed by atoms with Gasteiger partial charge in [0.05, 0.1) is 18.1 Å². The van der Waals surface area contributed by atoms with E-state index in [1.807, 2.05) is 13.1 Å². The largest absolute Gasteiger partial charge is 0.498 e. The van der Waals surface area contributed by atoms with E-state index in [0.29, 0.717) is 6.61 Å². The molecule has 176 valence electrons. The third-order valence-electron chi connectivity index (χ3n) is 6.56. The van der Waals surface area contributed by atoms with Crippen molar-refractivity contribution < 1.29 is 4.74 Å². The molecule has 4 rings (SSSR count). The van der Waals surface area contributed by atoms with Crippen LogP contribution in [-0.2, 0) is 11.3 Å². The summed E-state index contributed by atoms with van der Waals surface area (Å²) in [4.78, 5) is 20.5. The van der Waals surface area contributed by atoms with Gasteiger partial charge in [-0.15, -0.1) is 0 Å². The molecule has 2 aromatic heterocycles.